The molecule has 0 aromatic heterocycles. The molecular weight excluding hydrogens is 997 g/mol. The van der Waals surface area contributed by atoms with Gasteiger partial charge in [-0.05, 0) is 116 Å². The molecule has 0 spiro atoms. The van der Waals surface area contributed by atoms with Crippen LogP contribution in [0.5, 0.6) is 0 Å². The molecule has 462 valence electrons. The third kappa shape index (κ3) is 66.5. The van der Waals surface area contributed by atoms with Crippen molar-refractivity contribution in [2.75, 3.05) is 13.2 Å². The van der Waals surface area contributed by atoms with Crippen LogP contribution < -0.4 is 0 Å². The largest absolute Gasteiger partial charge is 0.462 e. The quantitative estimate of drug-likeness (QED) is 0.0261. The average Bonchev–Trinajstić information content (AvgIpc) is 3.46. The van der Waals surface area contributed by atoms with E-state index in [9.17, 15) is 14.4 Å². The number of carbonyl (C=O) groups is 3. The van der Waals surface area contributed by atoms with Gasteiger partial charge in [0, 0.05) is 19.3 Å². The zero-order valence-corrected chi connectivity index (χ0v) is 53.0. The van der Waals surface area contributed by atoms with Crippen molar-refractivity contribution < 1.29 is 28.6 Å². The maximum Gasteiger partial charge on any atom is 0.306 e. The van der Waals surface area contributed by atoms with Crippen LogP contribution in [-0.2, 0) is 28.6 Å². The molecule has 1 atom stereocenters. The summed E-state index contributed by atoms with van der Waals surface area (Å²) in [5, 5.41) is 0. The Labute approximate surface area is 501 Å². The van der Waals surface area contributed by atoms with Gasteiger partial charge in [-0.25, -0.2) is 0 Å². The van der Waals surface area contributed by atoms with Crippen LogP contribution in [0.1, 0.15) is 316 Å². The molecule has 0 aliphatic heterocycles. The number of ether oxygens (including phenoxy) is 3. The minimum atomic E-state index is -0.818. The van der Waals surface area contributed by atoms with E-state index in [1.54, 1.807) is 0 Å². The molecule has 0 heterocycles. The highest BCUT2D eigenvalue weighted by atomic mass is 16.6. The fourth-order valence-electron chi connectivity index (χ4n) is 9.42. The van der Waals surface area contributed by atoms with Gasteiger partial charge in [-0.15, -0.1) is 0 Å². The summed E-state index contributed by atoms with van der Waals surface area (Å²) < 4.78 is 16.9. The van der Waals surface area contributed by atoms with Gasteiger partial charge in [-0.3, -0.25) is 14.4 Å². The van der Waals surface area contributed by atoms with Crippen molar-refractivity contribution in [2.24, 2.45) is 0 Å². The molecule has 0 aromatic carbocycles. The Balaban J connectivity index is 4.26. The van der Waals surface area contributed by atoms with E-state index in [0.717, 1.165) is 109 Å². The van der Waals surface area contributed by atoms with Crippen molar-refractivity contribution in [2.45, 2.75) is 322 Å². The van der Waals surface area contributed by atoms with Crippen molar-refractivity contribution in [1.29, 1.82) is 0 Å². The summed E-state index contributed by atoms with van der Waals surface area (Å²) >= 11 is 0. The van der Waals surface area contributed by atoms with Gasteiger partial charge in [-0.1, -0.05) is 303 Å². The third-order valence-corrected chi connectivity index (χ3v) is 14.4. The fraction of sp³-hybridized carbons (Fsp3) is 0.693. The number of rotatable bonds is 61. The monoisotopic (exact) mass is 1120 g/mol. The van der Waals surface area contributed by atoms with Crippen molar-refractivity contribution in [1.82, 2.24) is 0 Å². The van der Waals surface area contributed by atoms with Crippen LogP contribution in [0.4, 0.5) is 0 Å². The SMILES string of the molecule is CC/C=C\C/C=C\C/C=C\C/C=C\CCCCCCCCC(=O)OC(COC(=O)CC/C=C\C/C=C\C/C=C\C/C=C\CC)COC(=O)CCCCCCCCCCCCCCCCCCCCC/C=C\C/C=C\CCCCCCC. The minimum Gasteiger partial charge on any atom is -0.462 e. The molecule has 0 fully saturated rings. The Kier molecular flexibility index (Phi) is 64.8. The summed E-state index contributed by atoms with van der Waals surface area (Å²) in [5.74, 6) is -0.999. The molecule has 81 heavy (non-hydrogen) atoms. The maximum absolute atomic E-state index is 12.9. The summed E-state index contributed by atoms with van der Waals surface area (Å²) in [5.41, 5.74) is 0. The Bertz CT molecular complexity index is 1670. The van der Waals surface area contributed by atoms with Crippen LogP contribution >= 0.6 is 0 Å². The average molecular weight is 1120 g/mol. The van der Waals surface area contributed by atoms with Crippen LogP contribution in [0.3, 0.4) is 0 Å². The first-order chi connectivity index (χ1) is 40.0. The summed E-state index contributed by atoms with van der Waals surface area (Å²) in [7, 11) is 0. The van der Waals surface area contributed by atoms with E-state index in [1.807, 2.05) is 6.08 Å². The highest BCUT2D eigenvalue weighted by Crippen LogP contribution is 2.17. The van der Waals surface area contributed by atoms with Crippen molar-refractivity contribution in [3.63, 3.8) is 0 Å². The van der Waals surface area contributed by atoms with E-state index in [4.69, 9.17) is 14.2 Å². The van der Waals surface area contributed by atoms with Crippen molar-refractivity contribution in [3.8, 4) is 0 Å². The lowest BCUT2D eigenvalue weighted by Crippen LogP contribution is -2.30. The van der Waals surface area contributed by atoms with E-state index >= 15 is 0 Å². The lowest BCUT2D eigenvalue weighted by molar-refractivity contribution is -0.166. The van der Waals surface area contributed by atoms with Crippen molar-refractivity contribution in [3.05, 3.63) is 122 Å². The molecule has 0 saturated heterocycles. The van der Waals surface area contributed by atoms with Gasteiger partial charge in [0.25, 0.3) is 0 Å². The van der Waals surface area contributed by atoms with Gasteiger partial charge in [-0.2, -0.15) is 0 Å². The van der Waals surface area contributed by atoms with E-state index in [-0.39, 0.29) is 37.5 Å². The molecule has 0 bridgehead atoms. The molecule has 0 N–H and O–H groups in total. The molecule has 0 aliphatic rings. The summed E-state index contributed by atoms with van der Waals surface area (Å²) in [6, 6.07) is 0. The normalized spacial score (nSPS) is 12.9. The van der Waals surface area contributed by atoms with Gasteiger partial charge in [0.1, 0.15) is 13.2 Å². The molecule has 0 aromatic rings. The highest BCUT2D eigenvalue weighted by Gasteiger charge is 2.19. The number of carbonyl (C=O) groups excluding carboxylic acids is 3. The van der Waals surface area contributed by atoms with E-state index in [0.29, 0.717) is 19.3 Å². The van der Waals surface area contributed by atoms with Crippen LogP contribution in [0.25, 0.3) is 0 Å². The predicted octanol–water partition coefficient (Wildman–Crippen LogP) is 23.6. The van der Waals surface area contributed by atoms with E-state index < -0.39 is 6.10 Å². The van der Waals surface area contributed by atoms with Gasteiger partial charge in [0.2, 0.25) is 0 Å². The highest BCUT2D eigenvalue weighted by molar-refractivity contribution is 5.71. The minimum absolute atomic E-state index is 0.106. The van der Waals surface area contributed by atoms with Gasteiger partial charge >= 0.3 is 17.9 Å². The van der Waals surface area contributed by atoms with Crippen LogP contribution in [0.15, 0.2) is 122 Å². The summed E-state index contributed by atoms with van der Waals surface area (Å²) in [6.07, 6.45) is 95.3. The number of hydrogen-bond donors (Lipinski definition) is 0. The molecule has 0 aliphatic carbocycles. The Morgan fingerprint density at radius 1 is 0.259 bits per heavy atom. The van der Waals surface area contributed by atoms with E-state index in [2.05, 4.69) is 136 Å². The molecule has 6 heteroatoms. The molecule has 1 unspecified atom stereocenters. The lowest BCUT2D eigenvalue weighted by Gasteiger charge is -2.18. The third-order valence-electron chi connectivity index (χ3n) is 14.4. The Morgan fingerprint density at radius 3 is 0.827 bits per heavy atom. The molecule has 0 radical (unpaired) electrons. The fourth-order valence-corrected chi connectivity index (χ4v) is 9.42. The van der Waals surface area contributed by atoms with E-state index in [1.165, 1.54) is 161 Å². The first kappa shape index (κ1) is 76.8. The first-order valence-corrected chi connectivity index (χ1v) is 34.0. The lowest BCUT2D eigenvalue weighted by atomic mass is 10.0. The van der Waals surface area contributed by atoms with Gasteiger partial charge in [0.15, 0.2) is 6.10 Å². The maximum atomic E-state index is 12.9. The molecule has 0 rings (SSSR count). The van der Waals surface area contributed by atoms with Crippen LogP contribution in [-0.4, -0.2) is 37.2 Å². The van der Waals surface area contributed by atoms with Gasteiger partial charge < -0.3 is 14.2 Å². The van der Waals surface area contributed by atoms with Crippen LogP contribution in [0.2, 0.25) is 0 Å². The molecular formula is C75H126O6. The molecule has 0 amide bonds. The van der Waals surface area contributed by atoms with Gasteiger partial charge in [0.05, 0.1) is 0 Å². The van der Waals surface area contributed by atoms with Crippen molar-refractivity contribution >= 4 is 17.9 Å². The number of hydrogen-bond acceptors (Lipinski definition) is 6. The Morgan fingerprint density at radius 2 is 0.506 bits per heavy atom. The second-order valence-electron chi connectivity index (χ2n) is 22.3. The Hall–Kier alpha value is -4.19. The standard InChI is InChI=1S/C75H126O6/c1-4-7-10-13-16-19-22-25-27-29-31-32-33-34-35-36-37-38-39-40-41-42-44-45-47-50-53-56-59-62-65-68-74(77)80-71-72(70-79-73(76)67-64-61-58-55-52-49-24-21-18-15-12-9-6-3)81-75(78)69-66-63-60-57-54-51-48-46-43-30-28-26-23-20-17-14-11-8-5-2/h8-9,11-12,17-18,20-22,25-26,28-29,31,43,46,49,52,58,61,72H,4-7,10,13-16,19,23-24,27,30,32-42,44-45,47-48,50-51,53-57,59-60,62-71H2,1-3H3/b11-8-,12-9-,20-17-,21-18-,25-22-,28-26-,31-29-,46-43-,52-49-,61-58-. The predicted molar refractivity (Wildman–Crippen MR) is 353 cm³/mol. The smallest absolute Gasteiger partial charge is 0.306 e. The second kappa shape index (κ2) is 68.3. The zero-order valence-electron chi connectivity index (χ0n) is 53.0. The number of esters is 3. The topological polar surface area (TPSA) is 78.9 Å². The first-order valence-electron chi connectivity index (χ1n) is 34.0. The van der Waals surface area contributed by atoms with Crippen LogP contribution in [0, 0.1) is 0 Å². The summed E-state index contributed by atoms with van der Waals surface area (Å²) in [6.45, 7) is 6.35. The second-order valence-corrected chi connectivity index (χ2v) is 22.3. The number of unbranched alkanes of at least 4 members (excludes halogenated alkanes) is 30. The molecule has 0 saturated carbocycles. The zero-order chi connectivity index (χ0) is 58.5. The summed E-state index contributed by atoms with van der Waals surface area (Å²) in [4.78, 5) is 38.3. The molecule has 6 nitrogen and oxygen atoms in total. The number of allylic oxidation sites excluding steroid dienone is 20.